The highest BCUT2D eigenvalue weighted by atomic mass is 16.5. The monoisotopic (exact) mass is 328 g/mol. The van der Waals surface area contributed by atoms with Gasteiger partial charge in [-0.25, -0.2) is 0 Å². The smallest absolute Gasteiger partial charge is 0.193 e. The first kappa shape index (κ1) is 16.8. The number of H-pyrrole nitrogens is 1. The Labute approximate surface area is 144 Å². The first-order chi connectivity index (χ1) is 11.7. The maximum atomic E-state index is 5.46. The summed E-state index contributed by atoms with van der Waals surface area (Å²) in [6.07, 6.45) is 4.25. The Balaban J connectivity index is 1.54. The number of aromatic amines is 1. The van der Waals surface area contributed by atoms with E-state index in [2.05, 4.69) is 58.6 Å². The fraction of sp³-hybridized carbons (Fsp3) is 0.526. The van der Waals surface area contributed by atoms with Gasteiger partial charge in [0, 0.05) is 56.8 Å². The number of aryl methyl sites for hydroxylation is 1. The number of para-hydroxylation sites is 1. The van der Waals surface area contributed by atoms with Crippen molar-refractivity contribution in [2.75, 3.05) is 40.4 Å². The quantitative estimate of drug-likeness (QED) is 0.655. The van der Waals surface area contributed by atoms with Gasteiger partial charge in [-0.05, 0) is 30.9 Å². The third-order valence-corrected chi connectivity index (χ3v) is 4.82. The van der Waals surface area contributed by atoms with E-state index in [1.54, 1.807) is 0 Å². The van der Waals surface area contributed by atoms with Gasteiger partial charge < -0.3 is 19.9 Å². The van der Waals surface area contributed by atoms with Crippen molar-refractivity contribution in [1.82, 2.24) is 15.2 Å². The molecular formula is C19H28N4O. The number of hydrogen-bond donors (Lipinski definition) is 2. The number of fused-ring (bicyclic) bond motifs is 1. The van der Waals surface area contributed by atoms with Crippen LogP contribution in [0.25, 0.3) is 10.9 Å². The molecule has 0 saturated carbocycles. The molecule has 0 bridgehead atoms. The second kappa shape index (κ2) is 7.71. The van der Waals surface area contributed by atoms with Gasteiger partial charge in [0.05, 0.1) is 6.61 Å². The minimum absolute atomic E-state index is 0.616. The molecule has 1 atom stereocenters. The molecule has 3 rings (SSSR count). The fourth-order valence-electron chi connectivity index (χ4n) is 3.47. The van der Waals surface area contributed by atoms with E-state index in [1.165, 1.54) is 22.0 Å². The Morgan fingerprint density at radius 1 is 1.46 bits per heavy atom. The topological polar surface area (TPSA) is 52.7 Å². The normalized spacial score (nSPS) is 18.3. The highest BCUT2D eigenvalue weighted by Gasteiger charge is 2.19. The Bertz CT molecular complexity index is 700. The summed E-state index contributed by atoms with van der Waals surface area (Å²) in [4.78, 5) is 10.0. The molecule has 1 unspecified atom stereocenters. The zero-order chi connectivity index (χ0) is 16.9. The molecule has 1 aromatic heterocycles. The van der Waals surface area contributed by atoms with Crippen LogP contribution in [0.1, 0.15) is 17.5 Å². The highest BCUT2D eigenvalue weighted by Crippen LogP contribution is 2.21. The van der Waals surface area contributed by atoms with Crippen LogP contribution in [0.3, 0.4) is 0 Å². The molecule has 24 heavy (non-hydrogen) atoms. The zero-order valence-electron chi connectivity index (χ0n) is 14.9. The lowest BCUT2D eigenvalue weighted by Crippen LogP contribution is -2.42. The Morgan fingerprint density at radius 3 is 3.08 bits per heavy atom. The average molecular weight is 328 g/mol. The van der Waals surface area contributed by atoms with Gasteiger partial charge in [0.15, 0.2) is 5.96 Å². The average Bonchev–Trinajstić information content (AvgIpc) is 3.22. The number of nitrogens with one attached hydrogen (secondary N) is 2. The van der Waals surface area contributed by atoms with Gasteiger partial charge in [-0.2, -0.15) is 0 Å². The van der Waals surface area contributed by atoms with E-state index in [1.807, 2.05) is 7.05 Å². The zero-order valence-corrected chi connectivity index (χ0v) is 14.9. The molecule has 2 heterocycles. The molecule has 0 aliphatic carbocycles. The van der Waals surface area contributed by atoms with Gasteiger partial charge in [-0.3, -0.25) is 4.99 Å². The molecule has 0 amide bonds. The van der Waals surface area contributed by atoms with Crippen LogP contribution >= 0.6 is 0 Å². The summed E-state index contributed by atoms with van der Waals surface area (Å²) < 4.78 is 5.46. The fourth-order valence-corrected chi connectivity index (χ4v) is 3.47. The molecule has 2 aromatic rings. The number of hydrogen-bond acceptors (Lipinski definition) is 2. The van der Waals surface area contributed by atoms with Crippen molar-refractivity contribution in [3.05, 3.63) is 35.5 Å². The van der Waals surface area contributed by atoms with E-state index in [-0.39, 0.29) is 0 Å². The summed E-state index contributed by atoms with van der Waals surface area (Å²) in [7, 11) is 3.95. The van der Waals surface area contributed by atoms with Crippen LogP contribution in [0.2, 0.25) is 0 Å². The van der Waals surface area contributed by atoms with Crippen molar-refractivity contribution in [1.29, 1.82) is 0 Å². The van der Waals surface area contributed by atoms with Crippen molar-refractivity contribution in [2.24, 2.45) is 10.9 Å². The summed E-state index contributed by atoms with van der Waals surface area (Å²) in [6.45, 7) is 5.77. The molecule has 1 aromatic carbocycles. The van der Waals surface area contributed by atoms with Crippen molar-refractivity contribution in [2.45, 2.75) is 19.8 Å². The first-order valence-corrected chi connectivity index (χ1v) is 8.74. The molecule has 1 aliphatic rings. The second-order valence-electron chi connectivity index (χ2n) is 6.65. The molecule has 2 N–H and O–H groups in total. The molecule has 0 radical (unpaired) electrons. The van der Waals surface area contributed by atoms with E-state index in [4.69, 9.17) is 4.74 Å². The van der Waals surface area contributed by atoms with E-state index >= 15 is 0 Å². The van der Waals surface area contributed by atoms with E-state index in [9.17, 15) is 0 Å². The second-order valence-corrected chi connectivity index (χ2v) is 6.65. The Kier molecular flexibility index (Phi) is 5.41. The third-order valence-electron chi connectivity index (χ3n) is 4.82. The lowest BCUT2D eigenvalue weighted by atomic mass is 10.1. The summed E-state index contributed by atoms with van der Waals surface area (Å²) in [5.41, 5.74) is 3.89. The van der Waals surface area contributed by atoms with Gasteiger partial charge in [0.2, 0.25) is 0 Å². The minimum Gasteiger partial charge on any atom is -0.381 e. The predicted molar refractivity (Wildman–Crippen MR) is 99.7 cm³/mol. The van der Waals surface area contributed by atoms with Gasteiger partial charge in [-0.1, -0.05) is 18.2 Å². The number of rotatable bonds is 5. The van der Waals surface area contributed by atoms with Crippen LogP contribution in [-0.2, 0) is 11.2 Å². The molecule has 1 fully saturated rings. The van der Waals surface area contributed by atoms with Crippen LogP contribution in [0.4, 0.5) is 0 Å². The highest BCUT2D eigenvalue weighted by molar-refractivity contribution is 5.86. The number of ether oxygens (including phenoxy) is 1. The number of benzene rings is 1. The summed E-state index contributed by atoms with van der Waals surface area (Å²) in [5.74, 6) is 1.57. The van der Waals surface area contributed by atoms with Crippen LogP contribution in [0.5, 0.6) is 0 Å². The summed E-state index contributed by atoms with van der Waals surface area (Å²) >= 11 is 0. The molecular weight excluding hydrogens is 300 g/mol. The largest absolute Gasteiger partial charge is 0.381 e. The molecule has 5 heteroatoms. The number of nitrogens with zero attached hydrogens (tertiary/aromatic N) is 2. The van der Waals surface area contributed by atoms with Crippen LogP contribution in [-0.4, -0.2) is 56.2 Å². The maximum Gasteiger partial charge on any atom is 0.193 e. The summed E-state index contributed by atoms with van der Waals surface area (Å²) in [6, 6.07) is 6.46. The molecule has 130 valence electrons. The van der Waals surface area contributed by atoms with E-state index in [0.717, 1.165) is 45.1 Å². The first-order valence-electron chi connectivity index (χ1n) is 8.74. The maximum absolute atomic E-state index is 5.46. The number of guanidine groups is 1. The van der Waals surface area contributed by atoms with E-state index in [0.29, 0.717) is 5.92 Å². The van der Waals surface area contributed by atoms with Crippen molar-refractivity contribution in [3.8, 4) is 0 Å². The van der Waals surface area contributed by atoms with E-state index < -0.39 is 0 Å². The van der Waals surface area contributed by atoms with Gasteiger partial charge in [0.1, 0.15) is 0 Å². The lowest BCUT2D eigenvalue weighted by Gasteiger charge is -2.24. The van der Waals surface area contributed by atoms with Crippen molar-refractivity contribution >= 4 is 16.9 Å². The van der Waals surface area contributed by atoms with Crippen LogP contribution in [0.15, 0.2) is 29.4 Å². The minimum atomic E-state index is 0.616. The Hall–Kier alpha value is -2.01. The molecule has 0 spiro atoms. The standard InChI is InChI=1S/C19H28N4O/c1-14-5-4-6-17-16(11-22-18(14)17)7-9-21-19(20-2)23(3)12-15-8-10-24-13-15/h4-6,11,15,22H,7-10,12-13H2,1-3H3,(H,20,21). The predicted octanol–water partition coefficient (Wildman–Crippen LogP) is 2.56. The molecule has 1 aliphatic heterocycles. The molecule has 5 nitrogen and oxygen atoms in total. The number of aromatic nitrogens is 1. The van der Waals surface area contributed by atoms with Crippen molar-refractivity contribution in [3.63, 3.8) is 0 Å². The van der Waals surface area contributed by atoms with Crippen LogP contribution in [0, 0.1) is 12.8 Å². The molecule has 1 saturated heterocycles. The van der Waals surface area contributed by atoms with Crippen LogP contribution < -0.4 is 5.32 Å². The van der Waals surface area contributed by atoms with Gasteiger partial charge in [0.25, 0.3) is 0 Å². The van der Waals surface area contributed by atoms with Gasteiger partial charge >= 0.3 is 0 Å². The van der Waals surface area contributed by atoms with Gasteiger partial charge in [-0.15, -0.1) is 0 Å². The van der Waals surface area contributed by atoms with Crippen molar-refractivity contribution < 1.29 is 4.74 Å². The SMILES string of the molecule is CN=C(NCCc1c[nH]c2c(C)cccc12)N(C)CC1CCOC1. The number of aliphatic imine (C=N–C) groups is 1. The lowest BCUT2D eigenvalue weighted by molar-refractivity contribution is 0.181. The Morgan fingerprint density at radius 2 is 2.33 bits per heavy atom. The third kappa shape index (κ3) is 3.73. The summed E-state index contributed by atoms with van der Waals surface area (Å²) in [5, 5.41) is 4.80.